The van der Waals surface area contributed by atoms with Crippen molar-refractivity contribution >= 4 is 23.1 Å². The molecule has 0 aliphatic heterocycles. The molecule has 1 N–H and O–H groups in total. The fraction of sp³-hybridized carbons (Fsp3) is 0. The highest BCUT2D eigenvalue weighted by Crippen LogP contribution is 2.25. The van der Waals surface area contributed by atoms with Crippen LogP contribution in [0.25, 0.3) is 0 Å². The number of nitrogens with one attached hydrogen (secondary N) is 1. The maximum Gasteiger partial charge on any atom is 0.270 e. The highest BCUT2D eigenvalue weighted by Gasteiger charge is 2.20. The van der Waals surface area contributed by atoms with E-state index in [2.05, 4.69) is 5.32 Å². The van der Waals surface area contributed by atoms with Gasteiger partial charge in [-0.2, -0.15) is 0 Å². The molecule has 0 bridgehead atoms. The average Bonchev–Trinajstić information content (AvgIpc) is 2.68. The van der Waals surface area contributed by atoms with Crippen molar-refractivity contribution in [3.8, 4) is 0 Å². The number of halogens is 1. The number of carbonyl (C=O) groups excluding carboxylic acids is 2. The molecule has 0 saturated heterocycles. The number of rotatable bonds is 5. The number of amides is 1. The van der Waals surface area contributed by atoms with Gasteiger partial charge in [-0.05, 0) is 30.3 Å². The van der Waals surface area contributed by atoms with Crippen LogP contribution < -0.4 is 5.32 Å². The molecule has 6 nitrogen and oxygen atoms in total. The Bertz CT molecular complexity index is 1020. The topological polar surface area (TPSA) is 89.3 Å². The molecule has 3 aromatic rings. The quantitative estimate of drug-likeness (QED) is 0.417. The van der Waals surface area contributed by atoms with Gasteiger partial charge < -0.3 is 5.32 Å². The fourth-order valence-electron chi connectivity index (χ4n) is 2.48. The highest BCUT2D eigenvalue weighted by molar-refractivity contribution is 6.15. The molecular weight excluding hydrogens is 351 g/mol. The van der Waals surface area contributed by atoms with Gasteiger partial charge >= 0.3 is 0 Å². The van der Waals surface area contributed by atoms with Gasteiger partial charge in [-0.1, -0.05) is 30.3 Å². The maximum atomic E-state index is 13.0. The molecule has 0 unspecified atom stereocenters. The Hall–Kier alpha value is -3.87. The zero-order valence-corrected chi connectivity index (χ0v) is 13.9. The molecule has 27 heavy (non-hydrogen) atoms. The van der Waals surface area contributed by atoms with E-state index >= 15 is 0 Å². The van der Waals surface area contributed by atoms with Gasteiger partial charge in [0.15, 0.2) is 5.78 Å². The Morgan fingerprint density at radius 2 is 1.56 bits per heavy atom. The third-order valence-electron chi connectivity index (χ3n) is 3.85. The van der Waals surface area contributed by atoms with E-state index in [-0.39, 0.29) is 22.5 Å². The smallest absolute Gasteiger partial charge is 0.270 e. The van der Waals surface area contributed by atoms with Crippen LogP contribution in [-0.2, 0) is 0 Å². The van der Waals surface area contributed by atoms with Gasteiger partial charge in [0.1, 0.15) is 5.82 Å². The normalized spacial score (nSPS) is 10.3. The van der Waals surface area contributed by atoms with E-state index in [9.17, 15) is 24.1 Å². The lowest BCUT2D eigenvalue weighted by Crippen LogP contribution is -2.15. The third-order valence-corrected chi connectivity index (χ3v) is 3.85. The van der Waals surface area contributed by atoms with Crippen molar-refractivity contribution in [2.24, 2.45) is 0 Å². The Morgan fingerprint density at radius 1 is 0.889 bits per heavy atom. The Kier molecular flexibility index (Phi) is 5.03. The number of ketones is 1. The van der Waals surface area contributed by atoms with Crippen molar-refractivity contribution in [3.63, 3.8) is 0 Å². The van der Waals surface area contributed by atoms with Gasteiger partial charge in [-0.15, -0.1) is 0 Å². The predicted octanol–water partition coefficient (Wildman–Crippen LogP) is 4.22. The second-order valence-corrected chi connectivity index (χ2v) is 5.64. The summed E-state index contributed by atoms with van der Waals surface area (Å²) in [6.07, 6.45) is 0. The zero-order valence-electron chi connectivity index (χ0n) is 13.9. The molecule has 0 spiro atoms. The SMILES string of the molecule is O=C(Nc1ccc([N+](=O)[O-])cc1C(=O)c1ccccc1)c1ccc(F)cc1. The van der Waals surface area contributed by atoms with Crippen LogP contribution in [-0.4, -0.2) is 16.6 Å². The van der Waals surface area contributed by atoms with Crippen molar-refractivity contribution in [2.75, 3.05) is 5.32 Å². The van der Waals surface area contributed by atoms with Gasteiger partial charge in [-0.25, -0.2) is 4.39 Å². The number of nitrogens with zero attached hydrogens (tertiary/aromatic N) is 1. The first-order valence-corrected chi connectivity index (χ1v) is 7.91. The van der Waals surface area contributed by atoms with Crippen LogP contribution in [0, 0.1) is 15.9 Å². The van der Waals surface area contributed by atoms with Crippen LogP contribution in [0.5, 0.6) is 0 Å². The predicted molar refractivity (Wildman–Crippen MR) is 97.3 cm³/mol. The molecule has 0 aliphatic rings. The molecule has 0 aliphatic carbocycles. The third kappa shape index (κ3) is 4.04. The molecule has 134 valence electrons. The summed E-state index contributed by atoms with van der Waals surface area (Å²) in [5.74, 6) is -1.51. The lowest BCUT2D eigenvalue weighted by molar-refractivity contribution is -0.384. The summed E-state index contributed by atoms with van der Waals surface area (Å²) in [6.45, 7) is 0. The first kappa shape index (κ1) is 17.9. The largest absolute Gasteiger partial charge is 0.321 e. The number of carbonyl (C=O) groups is 2. The van der Waals surface area contributed by atoms with Gasteiger partial charge in [-0.3, -0.25) is 19.7 Å². The summed E-state index contributed by atoms with van der Waals surface area (Å²) in [5, 5.41) is 13.6. The summed E-state index contributed by atoms with van der Waals surface area (Å²) in [4.78, 5) is 35.6. The molecule has 7 heteroatoms. The molecule has 0 fully saturated rings. The Labute approximate surface area is 153 Å². The van der Waals surface area contributed by atoms with Crippen LogP contribution in [0.3, 0.4) is 0 Å². The van der Waals surface area contributed by atoms with Crippen LogP contribution in [0.2, 0.25) is 0 Å². The first-order valence-electron chi connectivity index (χ1n) is 7.91. The number of hydrogen-bond acceptors (Lipinski definition) is 4. The summed E-state index contributed by atoms with van der Waals surface area (Å²) in [7, 11) is 0. The molecule has 0 heterocycles. The van der Waals surface area contributed by atoms with Crippen molar-refractivity contribution in [1.82, 2.24) is 0 Å². The number of nitro groups is 1. The minimum absolute atomic E-state index is 0.00846. The van der Waals surface area contributed by atoms with Crippen LogP contribution in [0.15, 0.2) is 72.8 Å². The summed E-state index contributed by atoms with van der Waals surface area (Å²) >= 11 is 0. The number of non-ortho nitro benzene ring substituents is 1. The Morgan fingerprint density at radius 3 is 2.19 bits per heavy atom. The van der Waals surface area contributed by atoms with Gasteiger partial charge in [0.05, 0.1) is 16.2 Å². The van der Waals surface area contributed by atoms with Crippen molar-refractivity contribution < 1.29 is 18.9 Å². The minimum atomic E-state index is -0.618. The van der Waals surface area contributed by atoms with Crippen LogP contribution in [0.1, 0.15) is 26.3 Å². The zero-order chi connectivity index (χ0) is 19.4. The van der Waals surface area contributed by atoms with E-state index in [0.29, 0.717) is 5.56 Å². The number of nitro benzene ring substituents is 1. The molecule has 0 aromatic heterocycles. The van der Waals surface area contributed by atoms with E-state index in [0.717, 1.165) is 18.2 Å². The molecule has 3 aromatic carbocycles. The van der Waals surface area contributed by atoms with E-state index in [1.165, 1.54) is 24.3 Å². The van der Waals surface area contributed by atoms with Gasteiger partial charge in [0.25, 0.3) is 11.6 Å². The second-order valence-electron chi connectivity index (χ2n) is 5.64. The second kappa shape index (κ2) is 7.57. The first-order chi connectivity index (χ1) is 13.0. The summed E-state index contributed by atoms with van der Waals surface area (Å²) < 4.78 is 13.0. The molecular formula is C20H13FN2O4. The van der Waals surface area contributed by atoms with Crippen LogP contribution >= 0.6 is 0 Å². The van der Waals surface area contributed by atoms with Gasteiger partial charge in [0, 0.05) is 23.3 Å². The van der Waals surface area contributed by atoms with Crippen LogP contribution in [0.4, 0.5) is 15.8 Å². The average molecular weight is 364 g/mol. The van der Waals surface area contributed by atoms with E-state index in [1.807, 2.05) is 0 Å². The standard InChI is InChI=1S/C20H13FN2O4/c21-15-8-6-14(7-9-15)20(25)22-18-11-10-16(23(26)27)12-17(18)19(24)13-4-2-1-3-5-13/h1-12H,(H,22,25). The van der Waals surface area contributed by atoms with Crippen molar-refractivity contribution in [2.45, 2.75) is 0 Å². The van der Waals surface area contributed by atoms with E-state index in [1.54, 1.807) is 30.3 Å². The fourth-order valence-corrected chi connectivity index (χ4v) is 2.48. The van der Waals surface area contributed by atoms with E-state index in [4.69, 9.17) is 0 Å². The molecule has 3 rings (SSSR count). The highest BCUT2D eigenvalue weighted by atomic mass is 19.1. The summed E-state index contributed by atoms with van der Waals surface area (Å²) in [5.41, 5.74) is 0.367. The van der Waals surface area contributed by atoms with Crippen molar-refractivity contribution in [3.05, 3.63) is 105 Å². The molecule has 0 saturated carbocycles. The molecule has 0 atom stereocenters. The summed E-state index contributed by atoms with van der Waals surface area (Å²) in [6, 6.07) is 16.7. The van der Waals surface area contributed by atoms with E-state index < -0.39 is 22.4 Å². The minimum Gasteiger partial charge on any atom is -0.321 e. The lowest BCUT2D eigenvalue weighted by atomic mass is 10.0. The number of benzene rings is 3. The number of anilines is 1. The van der Waals surface area contributed by atoms with Crippen molar-refractivity contribution in [1.29, 1.82) is 0 Å². The monoisotopic (exact) mass is 364 g/mol. The van der Waals surface area contributed by atoms with Gasteiger partial charge in [0.2, 0.25) is 0 Å². The maximum absolute atomic E-state index is 13.0. The lowest BCUT2D eigenvalue weighted by Gasteiger charge is -2.11. The molecule has 1 amide bonds. The molecule has 0 radical (unpaired) electrons. The number of hydrogen-bond donors (Lipinski definition) is 1. The Balaban J connectivity index is 1.99.